The molecule has 1 aliphatic rings. The standard InChI is InChI=1S/C11H12Cl2O/c1-14-10-4-2-8(3-5-10)6-9-7-11(9,12)13/h2-5,9H,6-7H2,1H3/t9-/m0/s1. The molecule has 0 aromatic heterocycles. The average Bonchev–Trinajstić information content (AvgIpc) is 2.75. The van der Waals surface area contributed by atoms with E-state index in [1.807, 2.05) is 12.1 Å². The molecule has 0 amide bonds. The van der Waals surface area contributed by atoms with Crippen molar-refractivity contribution < 1.29 is 4.74 Å². The van der Waals surface area contributed by atoms with Crippen LogP contribution >= 0.6 is 23.2 Å². The van der Waals surface area contributed by atoms with Crippen LogP contribution in [0.25, 0.3) is 0 Å². The molecule has 0 bridgehead atoms. The Kier molecular flexibility index (Phi) is 2.63. The van der Waals surface area contributed by atoms with Crippen molar-refractivity contribution in [3.05, 3.63) is 29.8 Å². The molecule has 1 aromatic rings. The molecule has 76 valence electrons. The number of ether oxygens (including phenoxy) is 1. The van der Waals surface area contributed by atoms with E-state index in [2.05, 4.69) is 12.1 Å². The average molecular weight is 231 g/mol. The van der Waals surface area contributed by atoms with Crippen LogP contribution in [0.15, 0.2) is 24.3 Å². The van der Waals surface area contributed by atoms with Gasteiger partial charge >= 0.3 is 0 Å². The highest BCUT2D eigenvalue weighted by molar-refractivity contribution is 6.50. The number of methoxy groups -OCH3 is 1. The Morgan fingerprint density at radius 2 is 1.93 bits per heavy atom. The van der Waals surface area contributed by atoms with Gasteiger partial charge in [0.05, 0.1) is 7.11 Å². The monoisotopic (exact) mass is 230 g/mol. The minimum absolute atomic E-state index is 0.416. The molecular weight excluding hydrogens is 219 g/mol. The summed E-state index contributed by atoms with van der Waals surface area (Å²) in [4.78, 5) is 0. The third kappa shape index (κ3) is 2.15. The molecule has 0 heterocycles. The van der Waals surface area contributed by atoms with Crippen molar-refractivity contribution >= 4 is 23.2 Å². The van der Waals surface area contributed by atoms with Gasteiger partial charge in [-0.15, -0.1) is 23.2 Å². The molecule has 1 atom stereocenters. The van der Waals surface area contributed by atoms with Gasteiger partial charge in [-0.1, -0.05) is 12.1 Å². The van der Waals surface area contributed by atoms with Crippen LogP contribution in [0.1, 0.15) is 12.0 Å². The van der Waals surface area contributed by atoms with Gasteiger partial charge in [0, 0.05) is 0 Å². The van der Waals surface area contributed by atoms with Crippen LogP contribution < -0.4 is 4.74 Å². The van der Waals surface area contributed by atoms with Crippen molar-refractivity contribution in [1.82, 2.24) is 0 Å². The Balaban J connectivity index is 1.98. The van der Waals surface area contributed by atoms with Gasteiger partial charge in [-0.3, -0.25) is 0 Å². The largest absolute Gasteiger partial charge is 0.497 e. The Morgan fingerprint density at radius 3 is 2.36 bits per heavy atom. The van der Waals surface area contributed by atoms with Gasteiger partial charge < -0.3 is 4.74 Å². The molecular formula is C11H12Cl2O. The number of alkyl halides is 2. The van der Waals surface area contributed by atoms with Crippen molar-refractivity contribution in [2.24, 2.45) is 5.92 Å². The van der Waals surface area contributed by atoms with Crippen LogP contribution in [0.5, 0.6) is 5.75 Å². The minimum Gasteiger partial charge on any atom is -0.497 e. The maximum atomic E-state index is 5.96. The second-order valence-corrected chi connectivity index (χ2v) is 5.26. The first-order valence-corrected chi connectivity index (χ1v) is 5.38. The third-order valence-corrected chi connectivity index (χ3v) is 3.52. The normalized spacial score (nSPS) is 23.2. The predicted octanol–water partition coefficient (Wildman–Crippen LogP) is 3.43. The third-order valence-electron chi connectivity index (χ3n) is 2.60. The predicted molar refractivity (Wildman–Crippen MR) is 59.2 cm³/mol. The maximum absolute atomic E-state index is 5.96. The van der Waals surface area contributed by atoms with Gasteiger partial charge in [0.1, 0.15) is 10.1 Å². The van der Waals surface area contributed by atoms with Gasteiger partial charge in [0.2, 0.25) is 0 Å². The molecule has 14 heavy (non-hydrogen) atoms. The molecule has 0 saturated heterocycles. The van der Waals surface area contributed by atoms with Crippen molar-refractivity contribution in [1.29, 1.82) is 0 Å². The van der Waals surface area contributed by atoms with Gasteiger partial charge in [-0.25, -0.2) is 0 Å². The summed E-state index contributed by atoms with van der Waals surface area (Å²) in [5.41, 5.74) is 1.26. The molecule has 2 rings (SSSR count). The van der Waals surface area contributed by atoms with E-state index in [9.17, 15) is 0 Å². The quantitative estimate of drug-likeness (QED) is 0.724. The van der Waals surface area contributed by atoms with E-state index >= 15 is 0 Å². The molecule has 0 unspecified atom stereocenters. The number of benzene rings is 1. The summed E-state index contributed by atoms with van der Waals surface area (Å²) in [6, 6.07) is 8.03. The highest BCUT2D eigenvalue weighted by Crippen LogP contribution is 2.54. The second-order valence-electron chi connectivity index (χ2n) is 3.71. The van der Waals surface area contributed by atoms with Gasteiger partial charge in [-0.2, -0.15) is 0 Å². The van der Waals surface area contributed by atoms with Gasteiger partial charge in [0.25, 0.3) is 0 Å². The van der Waals surface area contributed by atoms with Crippen molar-refractivity contribution in [3.63, 3.8) is 0 Å². The smallest absolute Gasteiger partial charge is 0.121 e. The fourth-order valence-electron chi connectivity index (χ4n) is 1.54. The van der Waals surface area contributed by atoms with Crippen LogP contribution in [0.3, 0.4) is 0 Å². The van der Waals surface area contributed by atoms with Crippen molar-refractivity contribution in [3.8, 4) is 5.75 Å². The van der Waals surface area contributed by atoms with Crippen LogP contribution in [0.2, 0.25) is 0 Å². The van der Waals surface area contributed by atoms with Crippen LogP contribution in [-0.2, 0) is 6.42 Å². The SMILES string of the molecule is COc1ccc(C[C@H]2CC2(Cl)Cl)cc1. The lowest BCUT2D eigenvalue weighted by Crippen LogP contribution is -1.95. The number of halogens is 2. The molecule has 1 fully saturated rings. The summed E-state index contributed by atoms with van der Waals surface area (Å²) in [6.45, 7) is 0. The summed E-state index contributed by atoms with van der Waals surface area (Å²) in [5.74, 6) is 1.30. The van der Waals surface area contributed by atoms with Crippen molar-refractivity contribution in [2.45, 2.75) is 17.2 Å². The summed E-state index contributed by atoms with van der Waals surface area (Å²) < 4.78 is 4.61. The summed E-state index contributed by atoms with van der Waals surface area (Å²) in [5, 5.41) is 0. The first kappa shape index (κ1) is 10.1. The highest BCUT2D eigenvalue weighted by Gasteiger charge is 2.51. The zero-order chi connectivity index (χ0) is 10.2. The minimum atomic E-state index is -0.472. The first-order chi connectivity index (χ1) is 6.62. The second kappa shape index (κ2) is 3.63. The fourth-order valence-corrected chi connectivity index (χ4v) is 2.06. The maximum Gasteiger partial charge on any atom is 0.121 e. The Morgan fingerprint density at radius 1 is 1.36 bits per heavy atom. The molecule has 1 nitrogen and oxygen atoms in total. The van der Waals surface area contributed by atoms with Crippen molar-refractivity contribution in [2.75, 3.05) is 7.11 Å². The lowest BCUT2D eigenvalue weighted by atomic mass is 10.1. The van der Waals surface area contributed by atoms with E-state index in [4.69, 9.17) is 27.9 Å². The lowest BCUT2D eigenvalue weighted by molar-refractivity contribution is 0.414. The molecule has 0 spiro atoms. The Bertz CT molecular complexity index is 319. The fraction of sp³-hybridized carbons (Fsp3) is 0.455. The van der Waals surface area contributed by atoms with E-state index in [1.54, 1.807) is 7.11 Å². The highest BCUT2D eigenvalue weighted by atomic mass is 35.5. The molecule has 0 N–H and O–H groups in total. The van der Waals surface area contributed by atoms with Gasteiger partial charge in [-0.05, 0) is 36.5 Å². The molecule has 3 heteroatoms. The molecule has 1 saturated carbocycles. The summed E-state index contributed by atoms with van der Waals surface area (Å²) >= 11 is 11.9. The molecule has 1 aliphatic carbocycles. The molecule has 1 aromatic carbocycles. The number of rotatable bonds is 3. The van der Waals surface area contributed by atoms with E-state index in [0.29, 0.717) is 5.92 Å². The summed E-state index contributed by atoms with van der Waals surface area (Å²) in [7, 11) is 1.67. The topological polar surface area (TPSA) is 9.23 Å². The van der Waals surface area contributed by atoms with Crippen LogP contribution in [0.4, 0.5) is 0 Å². The van der Waals surface area contributed by atoms with E-state index in [1.165, 1.54) is 5.56 Å². The van der Waals surface area contributed by atoms with Gasteiger partial charge in [0.15, 0.2) is 0 Å². The lowest BCUT2D eigenvalue weighted by Gasteiger charge is -2.03. The van der Waals surface area contributed by atoms with E-state index in [0.717, 1.165) is 18.6 Å². The zero-order valence-electron chi connectivity index (χ0n) is 7.97. The summed E-state index contributed by atoms with van der Waals surface area (Å²) in [6.07, 6.45) is 1.86. The zero-order valence-corrected chi connectivity index (χ0v) is 9.48. The number of hydrogen-bond acceptors (Lipinski definition) is 1. The van der Waals surface area contributed by atoms with Crippen LogP contribution in [0, 0.1) is 5.92 Å². The molecule has 0 aliphatic heterocycles. The van der Waals surface area contributed by atoms with Crippen LogP contribution in [-0.4, -0.2) is 11.4 Å². The number of hydrogen-bond donors (Lipinski definition) is 0. The molecule has 0 radical (unpaired) electrons. The Labute approximate surface area is 94.0 Å². The Hall–Kier alpha value is -0.400. The van der Waals surface area contributed by atoms with E-state index < -0.39 is 4.33 Å². The first-order valence-electron chi connectivity index (χ1n) is 4.62. The van der Waals surface area contributed by atoms with E-state index in [-0.39, 0.29) is 0 Å².